The van der Waals surface area contributed by atoms with Crippen LogP contribution in [0.15, 0.2) is 24.3 Å². The Kier molecular flexibility index (Phi) is 8.04. The van der Waals surface area contributed by atoms with Crippen molar-refractivity contribution in [2.75, 3.05) is 32.5 Å². The van der Waals surface area contributed by atoms with Gasteiger partial charge in [0.25, 0.3) is 10.1 Å². The molecule has 2 heterocycles. The summed E-state index contributed by atoms with van der Waals surface area (Å²) in [5.41, 5.74) is 1.38. The van der Waals surface area contributed by atoms with Crippen molar-refractivity contribution in [1.29, 1.82) is 0 Å². The molecular weight excluding hydrogens is 534 g/mol. The molecule has 0 amide bonds. The number of carbonyl (C=O) groups excluding carboxylic acids is 1. The standard InChI is InChI=1S/C29H39NO5.CH4O3S/c31-26-7-11-30(12-8-26)13-14-32-27-3-1-22(2-4-27)23-5-9-28(10-6-23)33-29(35-34-28)24-16-20-15-21(18-24)19-25(29)17-20;1-5(2,3)4/h1-4,20-21,23-25H,5-19H2;1H3,(H,2,3,4). The Labute approximate surface area is 237 Å². The van der Waals surface area contributed by atoms with Crippen LogP contribution in [0.4, 0.5) is 0 Å². The number of carbonyl (C=O) groups is 1. The fourth-order valence-corrected chi connectivity index (χ4v) is 8.34. The zero-order chi connectivity index (χ0) is 28.0. The number of ether oxygens (including phenoxy) is 2. The Balaban J connectivity index is 0.000000534. The lowest BCUT2D eigenvalue weighted by Gasteiger charge is -2.57. The lowest BCUT2D eigenvalue weighted by Crippen LogP contribution is -2.59. The van der Waals surface area contributed by atoms with E-state index < -0.39 is 21.7 Å². The summed E-state index contributed by atoms with van der Waals surface area (Å²) in [6, 6.07) is 8.66. The largest absolute Gasteiger partial charge is 0.492 e. The minimum atomic E-state index is -3.67. The van der Waals surface area contributed by atoms with Crippen molar-refractivity contribution >= 4 is 15.9 Å². The first kappa shape index (κ1) is 28.6. The highest BCUT2D eigenvalue weighted by molar-refractivity contribution is 7.85. The summed E-state index contributed by atoms with van der Waals surface area (Å²) < 4.78 is 38.7. The van der Waals surface area contributed by atoms with E-state index in [1.165, 1.54) is 37.7 Å². The number of ketones is 1. The van der Waals surface area contributed by atoms with Crippen LogP contribution in [0.5, 0.6) is 5.75 Å². The van der Waals surface area contributed by atoms with Crippen LogP contribution in [-0.2, 0) is 29.4 Å². The fraction of sp³-hybridized carbons (Fsp3) is 0.767. The predicted octanol–water partition coefficient (Wildman–Crippen LogP) is 4.72. The van der Waals surface area contributed by atoms with Gasteiger partial charge in [-0.05, 0) is 80.4 Å². The second-order valence-electron chi connectivity index (χ2n) is 13.0. The number of hydrogen-bond donors (Lipinski definition) is 1. The Morgan fingerprint density at radius 3 is 2.10 bits per heavy atom. The average molecular weight is 578 g/mol. The monoisotopic (exact) mass is 577 g/mol. The summed E-state index contributed by atoms with van der Waals surface area (Å²) in [6.45, 7) is 3.28. The molecule has 1 N–H and O–H groups in total. The molecule has 1 aromatic rings. The molecule has 40 heavy (non-hydrogen) atoms. The van der Waals surface area contributed by atoms with Gasteiger partial charge in [-0.1, -0.05) is 12.1 Å². The molecular formula is C30H43NO8S. The number of Topliss-reactive ketones (excluding diaryl/α,β-unsaturated/α-hetero) is 1. The van der Waals surface area contributed by atoms with Crippen LogP contribution >= 0.6 is 0 Å². The van der Waals surface area contributed by atoms with Crippen molar-refractivity contribution in [3.8, 4) is 5.75 Å². The van der Waals surface area contributed by atoms with Crippen molar-refractivity contribution in [1.82, 2.24) is 4.90 Å². The van der Waals surface area contributed by atoms with E-state index in [4.69, 9.17) is 23.8 Å². The van der Waals surface area contributed by atoms with Gasteiger partial charge in [0.1, 0.15) is 18.1 Å². The third-order valence-electron chi connectivity index (χ3n) is 10.1. The molecule has 222 valence electrons. The van der Waals surface area contributed by atoms with Gasteiger partial charge in [0.2, 0.25) is 11.6 Å². The first-order chi connectivity index (χ1) is 19.1. The minimum Gasteiger partial charge on any atom is -0.492 e. The summed E-state index contributed by atoms with van der Waals surface area (Å²) in [5.74, 6) is 3.70. The molecule has 0 atom stereocenters. The highest BCUT2D eigenvalue weighted by Gasteiger charge is 2.66. The molecule has 7 aliphatic rings. The molecule has 4 bridgehead atoms. The number of likely N-dealkylation sites (tertiary alicyclic amines) is 1. The summed E-state index contributed by atoms with van der Waals surface area (Å²) in [4.78, 5) is 26.0. The van der Waals surface area contributed by atoms with E-state index in [1.54, 1.807) is 0 Å². The number of hydrogen-bond acceptors (Lipinski definition) is 8. The zero-order valence-electron chi connectivity index (χ0n) is 23.5. The van der Waals surface area contributed by atoms with Gasteiger partial charge >= 0.3 is 0 Å². The van der Waals surface area contributed by atoms with Gasteiger partial charge in [0.15, 0.2) is 0 Å². The molecule has 5 aliphatic carbocycles. The molecule has 8 rings (SSSR count). The van der Waals surface area contributed by atoms with Gasteiger partial charge in [-0.3, -0.25) is 14.2 Å². The van der Waals surface area contributed by atoms with Crippen LogP contribution in [0, 0.1) is 23.7 Å². The van der Waals surface area contributed by atoms with Crippen molar-refractivity contribution < 1.29 is 37.0 Å². The highest BCUT2D eigenvalue weighted by Crippen LogP contribution is 2.64. The van der Waals surface area contributed by atoms with Crippen LogP contribution in [-0.4, -0.2) is 67.7 Å². The van der Waals surface area contributed by atoms with Crippen LogP contribution in [0.2, 0.25) is 0 Å². The number of benzene rings is 1. The van der Waals surface area contributed by atoms with Gasteiger partial charge in [-0.25, -0.2) is 0 Å². The van der Waals surface area contributed by atoms with E-state index in [0.29, 0.717) is 49.2 Å². The van der Waals surface area contributed by atoms with E-state index >= 15 is 0 Å². The smallest absolute Gasteiger partial charge is 0.261 e. The van der Waals surface area contributed by atoms with Crippen LogP contribution < -0.4 is 4.74 Å². The molecule has 5 saturated carbocycles. The van der Waals surface area contributed by atoms with Gasteiger partial charge < -0.3 is 9.47 Å². The van der Waals surface area contributed by atoms with Crippen LogP contribution in [0.3, 0.4) is 0 Å². The molecule has 0 aromatic heterocycles. The summed E-state index contributed by atoms with van der Waals surface area (Å²) in [6.07, 6.45) is 12.5. The molecule has 0 radical (unpaired) electrons. The first-order valence-corrected chi connectivity index (χ1v) is 16.9. The topological polar surface area (TPSA) is 112 Å². The maximum absolute atomic E-state index is 11.4. The van der Waals surface area contributed by atoms with Gasteiger partial charge in [-0.2, -0.15) is 18.2 Å². The fourth-order valence-electron chi connectivity index (χ4n) is 8.34. The van der Waals surface area contributed by atoms with Gasteiger partial charge in [0.05, 0.1) is 6.26 Å². The quantitative estimate of drug-likeness (QED) is 0.392. The number of rotatable bonds is 5. The Morgan fingerprint density at radius 1 is 0.950 bits per heavy atom. The predicted molar refractivity (Wildman–Crippen MR) is 147 cm³/mol. The molecule has 2 aliphatic heterocycles. The van der Waals surface area contributed by atoms with E-state index in [-0.39, 0.29) is 0 Å². The number of nitrogens with zero attached hydrogens (tertiary/aromatic N) is 1. The lowest BCUT2D eigenvalue weighted by molar-refractivity contribution is -0.390. The lowest BCUT2D eigenvalue weighted by atomic mass is 9.53. The van der Waals surface area contributed by atoms with Crippen molar-refractivity contribution in [3.05, 3.63) is 29.8 Å². The Hall–Kier alpha value is -1.56. The second-order valence-corrected chi connectivity index (χ2v) is 14.5. The Morgan fingerprint density at radius 2 is 1.52 bits per heavy atom. The first-order valence-electron chi connectivity index (χ1n) is 15.1. The van der Waals surface area contributed by atoms with E-state index in [9.17, 15) is 13.2 Å². The second kappa shape index (κ2) is 11.3. The number of piperidine rings is 1. The van der Waals surface area contributed by atoms with Crippen LogP contribution in [0.25, 0.3) is 0 Å². The maximum Gasteiger partial charge on any atom is 0.261 e. The molecule has 2 saturated heterocycles. The highest BCUT2D eigenvalue weighted by atomic mass is 32.2. The van der Waals surface area contributed by atoms with Gasteiger partial charge in [-0.15, -0.1) is 0 Å². The summed E-state index contributed by atoms with van der Waals surface area (Å²) in [5, 5.41) is 0. The van der Waals surface area contributed by atoms with E-state index in [2.05, 4.69) is 29.2 Å². The molecule has 7 fully saturated rings. The molecule has 9 nitrogen and oxygen atoms in total. The zero-order valence-corrected chi connectivity index (χ0v) is 24.3. The van der Waals surface area contributed by atoms with Gasteiger partial charge in [0, 0.05) is 57.2 Å². The molecule has 0 unspecified atom stereocenters. The van der Waals surface area contributed by atoms with Crippen molar-refractivity contribution in [2.24, 2.45) is 23.7 Å². The molecule has 1 aromatic carbocycles. The van der Waals surface area contributed by atoms with Crippen molar-refractivity contribution in [2.45, 2.75) is 88.1 Å². The molecule has 10 heteroatoms. The average Bonchev–Trinajstić information content (AvgIpc) is 3.28. The van der Waals surface area contributed by atoms with Crippen molar-refractivity contribution in [3.63, 3.8) is 0 Å². The Bertz CT molecular complexity index is 1110. The normalized spacial score (nSPS) is 39.0. The third-order valence-corrected chi connectivity index (χ3v) is 10.1. The molecule has 2 spiro atoms. The SMILES string of the molecule is CS(=O)(=O)O.O=C1CCN(CCOc2ccc(C3CCC4(CC3)OOC3(O4)C4CC5CC(C4)CC3C5)cc2)CC1. The summed E-state index contributed by atoms with van der Waals surface area (Å²) in [7, 11) is -3.67. The van der Waals surface area contributed by atoms with Crippen LogP contribution in [0.1, 0.15) is 82.1 Å². The third kappa shape index (κ3) is 6.27. The minimum absolute atomic E-state index is 0.386. The van der Waals surface area contributed by atoms with E-state index in [1.807, 2.05) is 0 Å². The maximum atomic E-state index is 11.4. The summed E-state index contributed by atoms with van der Waals surface area (Å²) >= 11 is 0. The van der Waals surface area contributed by atoms with E-state index in [0.717, 1.165) is 62.9 Å².